The van der Waals surface area contributed by atoms with E-state index >= 15 is 0 Å². The molecule has 0 aliphatic carbocycles. The van der Waals surface area contributed by atoms with Crippen LogP contribution in [-0.4, -0.2) is 4.98 Å². The molecule has 0 N–H and O–H groups in total. The molecule has 1 heteroatoms. The van der Waals surface area contributed by atoms with Gasteiger partial charge >= 0.3 is 0 Å². The molecular weight excluding hydrogens is 314 g/mol. The third-order valence-electron chi connectivity index (χ3n) is 4.03. The minimum atomic E-state index is 0.999. The Morgan fingerprint density at radius 3 is 2.12 bits per heavy atom. The van der Waals surface area contributed by atoms with Crippen LogP contribution in [0, 0.1) is 0 Å². The highest BCUT2D eigenvalue weighted by Gasteiger charge is 2.08. The number of aromatic nitrogens is 1. The second-order valence-corrected chi connectivity index (χ2v) is 5.96. The summed E-state index contributed by atoms with van der Waals surface area (Å²) < 4.78 is 0. The van der Waals surface area contributed by atoms with Gasteiger partial charge in [-0.2, -0.15) is 0 Å². The monoisotopic (exact) mass is 341 g/mol. The van der Waals surface area contributed by atoms with Crippen LogP contribution in [0.5, 0.6) is 0 Å². The Bertz CT molecular complexity index is 849. The third kappa shape index (κ3) is 5.03. The fourth-order valence-corrected chi connectivity index (χ4v) is 2.91. The van der Waals surface area contributed by atoms with E-state index in [0.717, 1.165) is 17.6 Å². The van der Waals surface area contributed by atoms with E-state index in [1.54, 1.807) is 0 Å². The summed E-state index contributed by atoms with van der Waals surface area (Å²) in [4.78, 5) is 4.15. The summed E-state index contributed by atoms with van der Waals surface area (Å²) >= 11 is 0. The second kappa shape index (κ2) is 10.1. The second-order valence-electron chi connectivity index (χ2n) is 5.96. The van der Waals surface area contributed by atoms with Crippen molar-refractivity contribution in [2.24, 2.45) is 0 Å². The van der Waals surface area contributed by atoms with Crippen LogP contribution in [0.3, 0.4) is 0 Å². The normalized spacial score (nSPS) is 12.9. The van der Waals surface area contributed by atoms with Crippen molar-refractivity contribution in [3.63, 3.8) is 0 Å². The molecule has 0 spiro atoms. The Hall–Kier alpha value is -2.93. The summed E-state index contributed by atoms with van der Waals surface area (Å²) in [5.41, 5.74) is 7.14. The van der Waals surface area contributed by atoms with Crippen molar-refractivity contribution in [3.8, 4) is 11.1 Å². The standard InChI is InChI=1S/C25H27N/c1-5-9-20(10-6-2)23-17-24(21(11-7-3)12-8-4)19-25(18-23)22-13-15-26-16-14-22/h5-7,9-19H,1,8H2,2-4H3/b10-6-,11-7-,20-9+,21-12+. The molecule has 2 aromatic rings. The van der Waals surface area contributed by atoms with Crippen LogP contribution in [0.15, 0.2) is 91.8 Å². The maximum atomic E-state index is 4.15. The minimum Gasteiger partial charge on any atom is -0.265 e. The van der Waals surface area contributed by atoms with Gasteiger partial charge in [0.2, 0.25) is 0 Å². The molecule has 1 heterocycles. The number of hydrogen-bond acceptors (Lipinski definition) is 1. The summed E-state index contributed by atoms with van der Waals surface area (Å²) in [6.45, 7) is 10.1. The molecule has 26 heavy (non-hydrogen) atoms. The van der Waals surface area contributed by atoms with Crippen LogP contribution in [0.1, 0.15) is 38.3 Å². The van der Waals surface area contributed by atoms with Crippen LogP contribution in [-0.2, 0) is 0 Å². The fourth-order valence-electron chi connectivity index (χ4n) is 2.91. The van der Waals surface area contributed by atoms with Gasteiger partial charge in [-0.1, -0.05) is 56.0 Å². The third-order valence-corrected chi connectivity index (χ3v) is 4.03. The average molecular weight is 341 g/mol. The molecule has 0 aliphatic heterocycles. The molecule has 1 aromatic heterocycles. The number of hydrogen-bond donors (Lipinski definition) is 0. The first kappa shape index (κ1) is 19.4. The van der Waals surface area contributed by atoms with E-state index in [2.05, 4.69) is 74.0 Å². The van der Waals surface area contributed by atoms with Gasteiger partial charge in [0.1, 0.15) is 0 Å². The summed E-state index contributed by atoms with van der Waals surface area (Å²) in [6.07, 6.45) is 19.3. The molecule has 0 atom stereocenters. The summed E-state index contributed by atoms with van der Waals surface area (Å²) in [7, 11) is 0. The molecule has 0 aliphatic rings. The summed E-state index contributed by atoms with van der Waals surface area (Å²) in [5.74, 6) is 0. The zero-order valence-electron chi connectivity index (χ0n) is 15.9. The van der Waals surface area contributed by atoms with Crippen molar-refractivity contribution >= 4 is 11.1 Å². The first-order valence-corrected chi connectivity index (χ1v) is 9.08. The fraction of sp³-hybridized carbons (Fsp3) is 0.160. The van der Waals surface area contributed by atoms with Crippen molar-refractivity contribution in [2.45, 2.75) is 27.2 Å². The number of allylic oxidation sites excluding steroid dienone is 9. The zero-order chi connectivity index (χ0) is 18.8. The highest BCUT2D eigenvalue weighted by Crippen LogP contribution is 2.30. The van der Waals surface area contributed by atoms with E-state index in [9.17, 15) is 0 Å². The van der Waals surface area contributed by atoms with Gasteiger partial charge in [0.15, 0.2) is 0 Å². The van der Waals surface area contributed by atoms with Gasteiger partial charge in [-0.05, 0) is 84.0 Å². The molecule has 0 amide bonds. The van der Waals surface area contributed by atoms with Gasteiger partial charge in [-0.3, -0.25) is 4.98 Å². The van der Waals surface area contributed by atoms with Gasteiger partial charge in [0.25, 0.3) is 0 Å². The first-order valence-electron chi connectivity index (χ1n) is 9.08. The van der Waals surface area contributed by atoms with Gasteiger partial charge in [0, 0.05) is 12.4 Å². The molecule has 0 fully saturated rings. The van der Waals surface area contributed by atoms with Gasteiger partial charge in [0.05, 0.1) is 0 Å². The predicted octanol–water partition coefficient (Wildman–Crippen LogP) is 7.26. The molecule has 0 bridgehead atoms. The smallest absolute Gasteiger partial charge is 0.0273 e. The van der Waals surface area contributed by atoms with E-state index < -0.39 is 0 Å². The first-order chi connectivity index (χ1) is 12.7. The molecule has 2 rings (SSSR count). The maximum Gasteiger partial charge on any atom is 0.0273 e. The van der Waals surface area contributed by atoms with E-state index in [4.69, 9.17) is 0 Å². The molecular formula is C25H27N. The van der Waals surface area contributed by atoms with E-state index in [0.29, 0.717) is 0 Å². The van der Waals surface area contributed by atoms with E-state index in [1.807, 2.05) is 43.6 Å². The number of rotatable bonds is 7. The molecule has 1 nitrogen and oxygen atoms in total. The van der Waals surface area contributed by atoms with Crippen LogP contribution >= 0.6 is 0 Å². The molecule has 0 saturated heterocycles. The van der Waals surface area contributed by atoms with Crippen LogP contribution in [0.2, 0.25) is 0 Å². The molecule has 1 aromatic carbocycles. The van der Waals surface area contributed by atoms with Crippen LogP contribution in [0.25, 0.3) is 22.3 Å². The Balaban J connectivity index is 2.72. The quantitative estimate of drug-likeness (QED) is 0.483. The zero-order valence-corrected chi connectivity index (χ0v) is 15.9. The number of pyridine rings is 1. The molecule has 0 unspecified atom stereocenters. The van der Waals surface area contributed by atoms with Crippen molar-refractivity contribution in [3.05, 3.63) is 103 Å². The highest BCUT2D eigenvalue weighted by atomic mass is 14.6. The Kier molecular flexibility index (Phi) is 7.57. The van der Waals surface area contributed by atoms with E-state index in [-0.39, 0.29) is 0 Å². The van der Waals surface area contributed by atoms with Crippen molar-refractivity contribution in [1.82, 2.24) is 4.98 Å². The largest absolute Gasteiger partial charge is 0.265 e. The average Bonchev–Trinajstić information content (AvgIpc) is 2.68. The summed E-state index contributed by atoms with van der Waals surface area (Å²) in [5, 5.41) is 0. The SMILES string of the molecule is C=C/C=C(\C=C/C)c1cc(C(/C=C\C)=C/CC)cc(-c2ccncc2)c1. The Morgan fingerprint density at radius 1 is 0.923 bits per heavy atom. The van der Waals surface area contributed by atoms with Crippen molar-refractivity contribution in [1.29, 1.82) is 0 Å². The maximum absolute atomic E-state index is 4.15. The Labute approximate surface area is 157 Å². The summed E-state index contributed by atoms with van der Waals surface area (Å²) in [6, 6.07) is 10.8. The molecule has 0 radical (unpaired) electrons. The van der Waals surface area contributed by atoms with Gasteiger partial charge in [-0.15, -0.1) is 0 Å². The molecule has 132 valence electrons. The lowest BCUT2D eigenvalue weighted by molar-refractivity contribution is 1.23. The van der Waals surface area contributed by atoms with Crippen molar-refractivity contribution < 1.29 is 0 Å². The van der Waals surface area contributed by atoms with Crippen LogP contribution < -0.4 is 0 Å². The lowest BCUT2D eigenvalue weighted by Gasteiger charge is -2.12. The molecule has 0 saturated carbocycles. The van der Waals surface area contributed by atoms with Gasteiger partial charge in [-0.25, -0.2) is 0 Å². The van der Waals surface area contributed by atoms with E-state index in [1.165, 1.54) is 22.3 Å². The topological polar surface area (TPSA) is 12.9 Å². The van der Waals surface area contributed by atoms with Gasteiger partial charge < -0.3 is 0 Å². The van der Waals surface area contributed by atoms with Crippen molar-refractivity contribution in [2.75, 3.05) is 0 Å². The highest BCUT2D eigenvalue weighted by molar-refractivity contribution is 5.84. The lowest BCUT2D eigenvalue weighted by Crippen LogP contribution is -1.90. The predicted molar refractivity (Wildman–Crippen MR) is 116 cm³/mol. The minimum absolute atomic E-state index is 0.999. The lowest BCUT2D eigenvalue weighted by atomic mass is 9.92. The number of benzene rings is 1. The number of nitrogens with zero attached hydrogens (tertiary/aromatic N) is 1. The van der Waals surface area contributed by atoms with Crippen LogP contribution in [0.4, 0.5) is 0 Å². The Morgan fingerprint density at radius 2 is 1.54 bits per heavy atom.